The average Bonchev–Trinajstić information content (AvgIpc) is 2.50. The maximum Gasteiger partial charge on any atom is 0.305 e. The van der Waals surface area contributed by atoms with Crippen LogP contribution in [0.3, 0.4) is 0 Å². The van der Waals surface area contributed by atoms with Gasteiger partial charge in [-0.05, 0) is 31.0 Å². The molecule has 0 unspecified atom stereocenters. The van der Waals surface area contributed by atoms with Crippen LogP contribution in [0.4, 0.5) is 0 Å². The summed E-state index contributed by atoms with van der Waals surface area (Å²) in [5, 5.41) is 0. The number of carbonyl (C=O) groups is 1. The van der Waals surface area contributed by atoms with Gasteiger partial charge in [0.1, 0.15) is 10.6 Å². The molecule has 0 aliphatic carbocycles. The molecule has 1 rings (SSSR count). The van der Waals surface area contributed by atoms with E-state index < -0.39 is 10.0 Å². The molecule has 0 saturated carbocycles. The normalized spacial score (nSPS) is 11.2. The first-order valence-electron chi connectivity index (χ1n) is 6.80. The van der Waals surface area contributed by atoms with Gasteiger partial charge in [-0.1, -0.05) is 22.4 Å². The van der Waals surface area contributed by atoms with Gasteiger partial charge in [0, 0.05) is 17.4 Å². The summed E-state index contributed by atoms with van der Waals surface area (Å²) in [6.45, 7) is 0.305. The van der Waals surface area contributed by atoms with Gasteiger partial charge in [-0.25, -0.2) is 13.1 Å². The molecule has 0 heterocycles. The van der Waals surface area contributed by atoms with Crippen molar-refractivity contribution in [3.05, 3.63) is 22.7 Å². The van der Waals surface area contributed by atoms with Crippen molar-refractivity contribution in [2.75, 3.05) is 20.8 Å². The van der Waals surface area contributed by atoms with Crippen molar-refractivity contribution >= 4 is 31.9 Å². The van der Waals surface area contributed by atoms with E-state index in [4.69, 9.17) is 4.74 Å². The Labute approximate surface area is 139 Å². The number of methoxy groups -OCH3 is 2. The molecular weight excluding hydrogens is 374 g/mol. The highest BCUT2D eigenvalue weighted by Crippen LogP contribution is 2.27. The summed E-state index contributed by atoms with van der Waals surface area (Å²) in [5.74, 6) is 0.0424. The maximum atomic E-state index is 12.3. The lowest BCUT2D eigenvalue weighted by molar-refractivity contribution is -0.140. The van der Waals surface area contributed by atoms with Crippen LogP contribution in [0.2, 0.25) is 0 Å². The van der Waals surface area contributed by atoms with Gasteiger partial charge in [-0.15, -0.1) is 0 Å². The van der Waals surface area contributed by atoms with E-state index >= 15 is 0 Å². The zero-order valence-electron chi connectivity index (χ0n) is 12.6. The third kappa shape index (κ3) is 5.94. The molecule has 0 bridgehead atoms. The fraction of sp³-hybridized carbons (Fsp3) is 0.500. The van der Waals surface area contributed by atoms with Crippen molar-refractivity contribution in [3.63, 3.8) is 0 Å². The molecule has 0 fully saturated rings. The number of benzene rings is 1. The van der Waals surface area contributed by atoms with Gasteiger partial charge in [-0.2, -0.15) is 0 Å². The van der Waals surface area contributed by atoms with Crippen molar-refractivity contribution in [2.24, 2.45) is 0 Å². The van der Waals surface area contributed by atoms with Crippen LogP contribution in [-0.4, -0.2) is 35.2 Å². The van der Waals surface area contributed by atoms with Crippen LogP contribution in [0.25, 0.3) is 0 Å². The fourth-order valence-corrected chi connectivity index (χ4v) is 3.60. The Morgan fingerprint density at radius 3 is 2.59 bits per heavy atom. The third-order valence-corrected chi connectivity index (χ3v) is 4.97. The Balaban J connectivity index is 2.51. The van der Waals surface area contributed by atoms with Gasteiger partial charge in [-0.3, -0.25) is 4.79 Å². The summed E-state index contributed by atoms with van der Waals surface area (Å²) < 4.78 is 37.3. The molecule has 1 N–H and O–H groups in total. The average molecular weight is 394 g/mol. The number of nitrogens with one attached hydrogen (secondary N) is 1. The highest BCUT2D eigenvalue weighted by molar-refractivity contribution is 9.10. The second-order valence-corrected chi connectivity index (χ2v) is 7.23. The molecule has 6 nitrogen and oxygen atoms in total. The monoisotopic (exact) mass is 393 g/mol. The van der Waals surface area contributed by atoms with Crippen LogP contribution >= 0.6 is 15.9 Å². The molecular formula is C14H20BrNO5S. The van der Waals surface area contributed by atoms with E-state index in [0.29, 0.717) is 36.0 Å². The van der Waals surface area contributed by atoms with Gasteiger partial charge in [0.15, 0.2) is 0 Å². The van der Waals surface area contributed by atoms with Crippen LogP contribution in [-0.2, 0) is 19.6 Å². The number of unbranched alkanes of at least 4 members (excludes halogenated alkanes) is 2. The lowest BCUT2D eigenvalue weighted by Crippen LogP contribution is -2.25. The Kier molecular flexibility index (Phi) is 7.84. The molecule has 0 aliphatic rings. The van der Waals surface area contributed by atoms with Crippen LogP contribution < -0.4 is 9.46 Å². The number of esters is 1. The number of sulfonamides is 1. The van der Waals surface area contributed by atoms with E-state index in [-0.39, 0.29) is 10.9 Å². The summed E-state index contributed by atoms with van der Waals surface area (Å²) in [4.78, 5) is 11.0. The van der Waals surface area contributed by atoms with E-state index in [0.717, 1.165) is 6.42 Å². The van der Waals surface area contributed by atoms with Gasteiger partial charge in [0.05, 0.1) is 14.2 Å². The van der Waals surface area contributed by atoms with Crippen molar-refractivity contribution in [3.8, 4) is 5.75 Å². The van der Waals surface area contributed by atoms with Crippen LogP contribution in [0.15, 0.2) is 27.6 Å². The first kappa shape index (κ1) is 18.9. The number of halogens is 1. The lowest BCUT2D eigenvalue weighted by Gasteiger charge is -2.11. The van der Waals surface area contributed by atoms with Gasteiger partial charge >= 0.3 is 5.97 Å². The van der Waals surface area contributed by atoms with Crippen molar-refractivity contribution in [1.82, 2.24) is 4.72 Å². The Morgan fingerprint density at radius 1 is 1.23 bits per heavy atom. The molecule has 8 heteroatoms. The van der Waals surface area contributed by atoms with E-state index in [1.54, 1.807) is 12.1 Å². The van der Waals surface area contributed by atoms with E-state index in [9.17, 15) is 13.2 Å². The second kappa shape index (κ2) is 9.12. The summed E-state index contributed by atoms with van der Waals surface area (Å²) >= 11 is 3.25. The van der Waals surface area contributed by atoms with E-state index in [2.05, 4.69) is 25.4 Å². The molecule has 0 atom stereocenters. The van der Waals surface area contributed by atoms with Gasteiger partial charge in [0.2, 0.25) is 10.0 Å². The topological polar surface area (TPSA) is 81.7 Å². The maximum absolute atomic E-state index is 12.3. The standard InChI is InChI=1S/C14H20BrNO5S/c1-20-12-8-7-11(15)10-13(12)22(18,19)16-9-5-3-4-6-14(17)21-2/h7-8,10,16H,3-6,9H2,1-2H3. The first-order chi connectivity index (χ1) is 10.4. The number of rotatable bonds is 9. The minimum atomic E-state index is -3.63. The highest BCUT2D eigenvalue weighted by Gasteiger charge is 2.19. The lowest BCUT2D eigenvalue weighted by atomic mass is 10.2. The minimum Gasteiger partial charge on any atom is -0.495 e. The van der Waals surface area contributed by atoms with Gasteiger partial charge in [0.25, 0.3) is 0 Å². The Morgan fingerprint density at radius 2 is 1.95 bits per heavy atom. The van der Waals surface area contributed by atoms with Crippen molar-refractivity contribution in [2.45, 2.75) is 30.6 Å². The minimum absolute atomic E-state index is 0.0962. The van der Waals surface area contributed by atoms with Crippen molar-refractivity contribution < 1.29 is 22.7 Å². The molecule has 0 saturated heterocycles. The largest absolute Gasteiger partial charge is 0.495 e. The second-order valence-electron chi connectivity index (χ2n) is 4.58. The Bertz CT molecular complexity index is 603. The Hall–Kier alpha value is -1.12. The summed E-state index contributed by atoms with van der Waals surface area (Å²) in [6.07, 6.45) is 2.41. The predicted octanol–water partition coefficient (Wildman–Crippen LogP) is 2.47. The smallest absolute Gasteiger partial charge is 0.305 e. The zero-order chi connectivity index (χ0) is 16.6. The van der Waals surface area contributed by atoms with E-state index in [1.807, 2.05) is 0 Å². The fourth-order valence-electron chi connectivity index (χ4n) is 1.82. The summed E-state index contributed by atoms with van der Waals surface area (Å²) in [5.41, 5.74) is 0. The molecule has 1 aromatic rings. The molecule has 0 aliphatic heterocycles. The number of hydrogen-bond acceptors (Lipinski definition) is 5. The predicted molar refractivity (Wildman–Crippen MR) is 86.4 cm³/mol. The molecule has 0 spiro atoms. The van der Waals surface area contributed by atoms with Crippen molar-refractivity contribution in [1.29, 1.82) is 0 Å². The third-order valence-electron chi connectivity index (χ3n) is 2.99. The molecule has 0 radical (unpaired) electrons. The summed E-state index contributed by atoms with van der Waals surface area (Å²) in [6, 6.07) is 4.80. The highest BCUT2D eigenvalue weighted by atomic mass is 79.9. The quantitative estimate of drug-likeness (QED) is 0.514. The van der Waals surface area contributed by atoms with Gasteiger partial charge < -0.3 is 9.47 Å². The first-order valence-corrected chi connectivity index (χ1v) is 9.08. The van der Waals surface area contributed by atoms with Crippen LogP contribution in [0.5, 0.6) is 5.75 Å². The molecule has 124 valence electrons. The van der Waals surface area contributed by atoms with Crippen LogP contribution in [0.1, 0.15) is 25.7 Å². The van der Waals surface area contributed by atoms with E-state index in [1.165, 1.54) is 20.3 Å². The molecule has 22 heavy (non-hydrogen) atoms. The van der Waals surface area contributed by atoms with Crippen LogP contribution in [0, 0.1) is 0 Å². The number of hydrogen-bond donors (Lipinski definition) is 1. The number of ether oxygens (including phenoxy) is 2. The number of carbonyl (C=O) groups excluding carboxylic acids is 1. The molecule has 1 aromatic carbocycles. The SMILES string of the molecule is COC(=O)CCCCCNS(=O)(=O)c1cc(Br)ccc1OC. The molecule has 0 amide bonds. The summed E-state index contributed by atoms with van der Waals surface area (Å²) in [7, 11) is -0.856. The molecule has 0 aromatic heterocycles. The zero-order valence-corrected chi connectivity index (χ0v) is 15.0.